The molecule has 0 aromatic rings. The monoisotopic (exact) mass is 246 g/mol. The Bertz CT molecular complexity index is 306. The Morgan fingerprint density at radius 2 is 2.19 bits per heavy atom. The third kappa shape index (κ3) is 3.41. The second-order valence-electron chi connectivity index (χ2n) is 3.72. The second kappa shape index (κ2) is 5.75. The molecule has 2 N–H and O–H groups in total. The number of nitrogens with one attached hydrogen (secondary N) is 1. The summed E-state index contributed by atoms with van der Waals surface area (Å²) in [6.07, 6.45) is 2.17. The predicted octanol–water partition coefficient (Wildman–Crippen LogP) is 1.39. The highest BCUT2D eigenvalue weighted by molar-refractivity contribution is 6.29. The van der Waals surface area contributed by atoms with Crippen molar-refractivity contribution in [3.63, 3.8) is 0 Å². The molecule has 1 heterocycles. The first-order chi connectivity index (χ1) is 7.52. The summed E-state index contributed by atoms with van der Waals surface area (Å²) in [6, 6.07) is -1.12. The Morgan fingerprint density at radius 3 is 2.75 bits per heavy atom. The number of piperidine rings is 1. The maximum Gasteiger partial charge on any atom is 0.326 e. The lowest BCUT2D eigenvalue weighted by Crippen LogP contribution is -2.52. The second-order valence-corrected chi connectivity index (χ2v) is 4.25. The Kier molecular flexibility index (Phi) is 4.61. The normalized spacial score (nSPS) is 20.3. The van der Waals surface area contributed by atoms with Crippen LogP contribution in [0.2, 0.25) is 0 Å². The van der Waals surface area contributed by atoms with Crippen LogP contribution in [0.5, 0.6) is 0 Å². The number of urea groups is 1. The molecule has 2 amide bonds. The van der Waals surface area contributed by atoms with E-state index in [0.29, 0.717) is 18.0 Å². The SMILES string of the molecule is C=C(Cl)CNC(=O)N1CCCCC1C(=O)O. The van der Waals surface area contributed by atoms with Crippen LogP contribution in [0.1, 0.15) is 19.3 Å². The van der Waals surface area contributed by atoms with E-state index in [4.69, 9.17) is 16.7 Å². The van der Waals surface area contributed by atoms with Crippen LogP contribution < -0.4 is 5.32 Å². The lowest BCUT2D eigenvalue weighted by atomic mass is 10.0. The number of carbonyl (C=O) groups excluding carboxylic acids is 1. The van der Waals surface area contributed by atoms with Crippen molar-refractivity contribution in [2.45, 2.75) is 25.3 Å². The highest BCUT2D eigenvalue weighted by atomic mass is 35.5. The molecule has 5 nitrogen and oxygen atoms in total. The number of aliphatic carboxylic acids is 1. The van der Waals surface area contributed by atoms with E-state index >= 15 is 0 Å². The molecule has 1 atom stereocenters. The summed E-state index contributed by atoms with van der Waals surface area (Å²) >= 11 is 5.52. The van der Waals surface area contributed by atoms with Crippen LogP contribution in [0.3, 0.4) is 0 Å². The van der Waals surface area contributed by atoms with Crippen molar-refractivity contribution < 1.29 is 14.7 Å². The van der Waals surface area contributed by atoms with E-state index < -0.39 is 18.0 Å². The minimum Gasteiger partial charge on any atom is -0.480 e. The molecule has 1 aliphatic rings. The molecule has 1 fully saturated rings. The smallest absolute Gasteiger partial charge is 0.326 e. The molecule has 1 unspecified atom stereocenters. The van der Waals surface area contributed by atoms with E-state index in [0.717, 1.165) is 12.8 Å². The zero-order chi connectivity index (χ0) is 12.1. The standard InChI is InChI=1S/C10H15ClN2O3/c1-7(11)6-12-10(16)13-5-3-2-4-8(13)9(14)15/h8H,1-6H2,(H,12,16)(H,14,15). The van der Waals surface area contributed by atoms with Crippen molar-refractivity contribution in [2.24, 2.45) is 0 Å². The number of hydrogen-bond acceptors (Lipinski definition) is 2. The molecule has 0 spiro atoms. The van der Waals surface area contributed by atoms with E-state index in [-0.39, 0.29) is 6.54 Å². The average molecular weight is 247 g/mol. The van der Waals surface area contributed by atoms with Gasteiger partial charge >= 0.3 is 12.0 Å². The van der Waals surface area contributed by atoms with Crippen molar-refractivity contribution in [3.8, 4) is 0 Å². The zero-order valence-electron chi connectivity index (χ0n) is 8.91. The Balaban J connectivity index is 2.57. The van der Waals surface area contributed by atoms with Gasteiger partial charge in [0.25, 0.3) is 0 Å². The van der Waals surface area contributed by atoms with Crippen molar-refractivity contribution in [1.82, 2.24) is 10.2 Å². The maximum atomic E-state index is 11.7. The molecule has 16 heavy (non-hydrogen) atoms. The lowest BCUT2D eigenvalue weighted by molar-refractivity contribution is -0.143. The maximum absolute atomic E-state index is 11.7. The number of carbonyl (C=O) groups is 2. The third-order valence-electron chi connectivity index (χ3n) is 2.48. The quantitative estimate of drug-likeness (QED) is 0.791. The van der Waals surface area contributed by atoms with Gasteiger partial charge in [0.15, 0.2) is 0 Å². The third-order valence-corrected chi connectivity index (χ3v) is 2.61. The van der Waals surface area contributed by atoms with Gasteiger partial charge in [0.2, 0.25) is 0 Å². The summed E-state index contributed by atoms with van der Waals surface area (Å²) in [5.41, 5.74) is 0. The van der Waals surface area contributed by atoms with Crippen molar-refractivity contribution in [2.75, 3.05) is 13.1 Å². The topological polar surface area (TPSA) is 69.6 Å². The Hall–Kier alpha value is -1.23. The van der Waals surface area contributed by atoms with Gasteiger partial charge in [0.05, 0.1) is 6.54 Å². The molecule has 1 aliphatic heterocycles. The number of amides is 2. The number of likely N-dealkylation sites (tertiary alicyclic amines) is 1. The van der Waals surface area contributed by atoms with Crippen molar-refractivity contribution >= 4 is 23.6 Å². The molecule has 0 radical (unpaired) electrons. The van der Waals surface area contributed by atoms with E-state index in [1.165, 1.54) is 4.90 Å². The predicted molar refractivity (Wildman–Crippen MR) is 60.4 cm³/mol. The zero-order valence-corrected chi connectivity index (χ0v) is 9.66. The molecule has 0 aromatic heterocycles. The minimum atomic E-state index is -0.959. The summed E-state index contributed by atoms with van der Waals surface area (Å²) < 4.78 is 0. The van der Waals surface area contributed by atoms with Gasteiger partial charge in [0, 0.05) is 11.6 Å². The molecule has 90 valence electrons. The molecule has 6 heteroatoms. The summed E-state index contributed by atoms with van der Waals surface area (Å²) in [5.74, 6) is -0.959. The number of rotatable bonds is 3. The van der Waals surface area contributed by atoms with Gasteiger partial charge in [-0.3, -0.25) is 0 Å². The van der Waals surface area contributed by atoms with Crippen LogP contribution in [-0.2, 0) is 4.79 Å². The number of hydrogen-bond donors (Lipinski definition) is 2. The van der Waals surface area contributed by atoms with Gasteiger partial charge in [-0.2, -0.15) is 0 Å². The van der Waals surface area contributed by atoms with Crippen LogP contribution in [0.15, 0.2) is 11.6 Å². The molecular weight excluding hydrogens is 232 g/mol. The first kappa shape index (κ1) is 12.8. The fourth-order valence-corrected chi connectivity index (χ4v) is 1.77. The summed E-state index contributed by atoms with van der Waals surface area (Å²) in [5, 5.41) is 11.8. The Morgan fingerprint density at radius 1 is 1.50 bits per heavy atom. The average Bonchev–Trinajstić information content (AvgIpc) is 2.25. The van der Waals surface area contributed by atoms with Gasteiger partial charge in [-0.1, -0.05) is 18.2 Å². The van der Waals surface area contributed by atoms with Gasteiger partial charge in [-0.25, -0.2) is 9.59 Å². The number of carboxylic acid groups (broad SMARTS) is 1. The highest BCUT2D eigenvalue weighted by Crippen LogP contribution is 2.17. The van der Waals surface area contributed by atoms with Gasteiger partial charge < -0.3 is 15.3 Å². The molecule has 0 saturated carbocycles. The highest BCUT2D eigenvalue weighted by Gasteiger charge is 2.31. The van der Waals surface area contributed by atoms with Crippen LogP contribution in [0.4, 0.5) is 4.79 Å². The molecular formula is C10H15ClN2O3. The number of halogens is 1. The molecule has 0 bridgehead atoms. The summed E-state index contributed by atoms with van der Waals surface area (Å²) in [6.45, 7) is 4.07. The van der Waals surface area contributed by atoms with Gasteiger partial charge in [-0.05, 0) is 19.3 Å². The molecule has 1 saturated heterocycles. The number of carboxylic acids is 1. The lowest BCUT2D eigenvalue weighted by Gasteiger charge is -2.32. The number of nitrogens with zero attached hydrogens (tertiary/aromatic N) is 1. The fraction of sp³-hybridized carbons (Fsp3) is 0.600. The summed E-state index contributed by atoms with van der Waals surface area (Å²) in [7, 11) is 0. The van der Waals surface area contributed by atoms with E-state index in [9.17, 15) is 9.59 Å². The first-order valence-electron chi connectivity index (χ1n) is 5.13. The molecule has 0 aromatic carbocycles. The molecule has 1 rings (SSSR count). The van der Waals surface area contributed by atoms with Crippen LogP contribution in [0.25, 0.3) is 0 Å². The van der Waals surface area contributed by atoms with Crippen molar-refractivity contribution in [1.29, 1.82) is 0 Å². The van der Waals surface area contributed by atoms with Crippen molar-refractivity contribution in [3.05, 3.63) is 11.6 Å². The van der Waals surface area contributed by atoms with E-state index in [1.807, 2.05) is 0 Å². The first-order valence-corrected chi connectivity index (χ1v) is 5.50. The fourth-order valence-electron chi connectivity index (χ4n) is 1.70. The minimum absolute atomic E-state index is 0.156. The van der Waals surface area contributed by atoms with Gasteiger partial charge in [0.1, 0.15) is 6.04 Å². The van der Waals surface area contributed by atoms with Crippen LogP contribution >= 0.6 is 11.6 Å². The Labute approximate surface area is 99.1 Å². The molecule has 0 aliphatic carbocycles. The van der Waals surface area contributed by atoms with Crippen LogP contribution in [-0.4, -0.2) is 41.1 Å². The summed E-state index contributed by atoms with van der Waals surface area (Å²) in [4.78, 5) is 24.0. The van der Waals surface area contributed by atoms with E-state index in [1.54, 1.807) is 0 Å². The van der Waals surface area contributed by atoms with Gasteiger partial charge in [-0.15, -0.1) is 0 Å². The largest absolute Gasteiger partial charge is 0.480 e. The van der Waals surface area contributed by atoms with Crippen LogP contribution in [0, 0.1) is 0 Å². The van der Waals surface area contributed by atoms with E-state index in [2.05, 4.69) is 11.9 Å².